The molecule has 3 heterocycles. The van der Waals surface area contributed by atoms with E-state index in [2.05, 4.69) is 48.1 Å². The number of hydrogen-bond acceptors (Lipinski definition) is 12. The van der Waals surface area contributed by atoms with Crippen LogP contribution in [0.15, 0.2) is 12.7 Å². The summed E-state index contributed by atoms with van der Waals surface area (Å²) in [6.07, 6.45) is 5.68. The molecule has 44 heavy (non-hydrogen) atoms. The second-order valence-electron chi connectivity index (χ2n) is 10.9. The zero-order valence-electron chi connectivity index (χ0n) is 25.1. The molecule has 0 spiro atoms. The Morgan fingerprint density at radius 3 is 2.27 bits per heavy atom. The second kappa shape index (κ2) is 18.4. The van der Waals surface area contributed by atoms with Crippen LogP contribution in [-0.4, -0.2) is 114 Å². The number of nitrogens with zero attached hydrogens (tertiary/aromatic N) is 3. The van der Waals surface area contributed by atoms with E-state index >= 15 is 0 Å². The van der Waals surface area contributed by atoms with Crippen LogP contribution >= 0.6 is 0 Å². The molecule has 0 unspecified atom stereocenters. The molecule has 9 N–H and O–H groups in total. The molecule has 0 aliphatic carbocycles. The van der Waals surface area contributed by atoms with Gasteiger partial charge >= 0.3 is 0 Å². The van der Waals surface area contributed by atoms with Gasteiger partial charge in [-0.15, -0.1) is 0 Å². The number of ether oxygens (including phenoxy) is 1. The summed E-state index contributed by atoms with van der Waals surface area (Å²) in [5.74, 6) is -1.39. The first-order valence-electron chi connectivity index (χ1n) is 15.3. The summed E-state index contributed by atoms with van der Waals surface area (Å²) in [5.41, 5.74) is 0.744. The van der Waals surface area contributed by atoms with Crippen LogP contribution in [0.5, 0.6) is 0 Å². The van der Waals surface area contributed by atoms with Crippen molar-refractivity contribution in [3.63, 3.8) is 0 Å². The number of carbonyl (C=O) groups excluding carboxylic acids is 3. The minimum absolute atomic E-state index is 0.200. The molecule has 0 aromatic carbocycles. The first kappa shape index (κ1) is 35.0. The Kier molecular flexibility index (Phi) is 14.6. The number of aromatic amines is 1. The van der Waals surface area contributed by atoms with Crippen LogP contribution in [0.4, 0.5) is 5.82 Å². The number of fused-ring (bicyclic) bond motifs is 1. The molecule has 246 valence electrons. The smallest absolute Gasteiger partial charge is 0.239 e. The minimum Gasteiger partial charge on any atom is -0.394 e. The van der Waals surface area contributed by atoms with E-state index in [1.165, 1.54) is 44.8 Å². The maximum Gasteiger partial charge on any atom is 0.239 e. The average molecular weight is 623 g/mol. The minimum atomic E-state index is -1.65. The summed E-state index contributed by atoms with van der Waals surface area (Å²) in [4.78, 5) is 51.8. The van der Waals surface area contributed by atoms with Crippen molar-refractivity contribution in [1.82, 2.24) is 35.9 Å². The summed E-state index contributed by atoms with van der Waals surface area (Å²) in [7, 11) is 0. The Morgan fingerprint density at radius 1 is 0.909 bits per heavy atom. The molecule has 1 saturated heterocycles. The highest BCUT2D eigenvalue weighted by Gasteiger charge is 2.48. The van der Waals surface area contributed by atoms with E-state index in [9.17, 15) is 34.8 Å². The molecule has 3 rings (SSSR count). The molecule has 2 aromatic heterocycles. The van der Waals surface area contributed by atoms with E-state index in [-0.39, 0.29) is 18.3 Å². The number of unbranched alkanes of at least 4 members (excludes halogenated alkanes) is 8. The Labute approximate surface area is 255 Å². The number of aliphatic hydroxyl groups is 4. The van der Waals surface area contributed by atoms with Crippen molar-refractivity contribution in [2.24, 2.45) is 0 Å². The van der Waals surface area contributed by atoms with Gasteiger partial charge in [-0.3, -0.25) is 14.4 Å². The predicted octanol–water partition coefficient (Wildman–Crippen LogP) is -0.797. The lowest BCUT2D eigenvalue weighted by atomic mass is 9.92. The molecule has 16 nitrogen and oxygen atoms in total. The lowest BCUT2D eigenvalue weighted by Gasteiger charge is -2.44. The van der Waals surface area contributed by atoms with Gasteiger partial charge in [0.1, 0.15) is 36.3 Å². The summed E-state index contributed by atoms with van der Waals surface area (Å²) < 4.78 is 5.75. The van der Waals surface area contributed by atoms with Gasteiger partial charge in [0.25, 0.3) is 0 Å². The highest BCUT2D eigenvalue weighted by Crippen LogP contribution is 2.26. The molecule has 16 heteroatoms. The van der Waals surface area contributed by atoms with E-state index < -0.39 is 61.7 Å². The summed E-state index contributed by atoms with van der Waals surface area (Å²) >= 11 is 0. The number of carbonyl (C=O) groups is 3. The normalized spacial score (nSPS) is 22.3. The van der Waals surface area contributed by atoms with Gasteiger partial charge in [0.15, 0.2) is 17.7 Å². The van der Waals surface area contributed by atoms with Crippen molar-refractivity contribution in [3.8, 4) is 0 Å². The van der Waals surface area contributed by atoms with Gasteiger partial charge in [-0.2, -0.15) is 0 Å². The lowest BCUT2D eigenvalue weighted by Crippen LogP contribution is -2.68. The van der Waals surface area contributed by atoms with E-state index in [0.717, 1.165) is 25.7 Å². The van der Waals surface area contributed by atoms with Crippen molar-refractivity contribution in [2.75, 3.05) is 25.0 Å². The molecule has 0 bridgehead atoms. The number of imidazole rings is 1. The van der Waals surface area contributed by atoms with Crippen LogP contribution < -0.4 is 21.3 Å². The molecule has 1 aliphatic heterocycles. The maximum absolute atomic E-state index is 12.6. The SMILES string of the molecule is CCCCCCCCCCCC(=O)NCC(=O)NCC(=O)N[C@@H]1[C@@H](O)[C@@H](O)[C@@H](Nc2ncnc3nc[nH]c23)O[C@H]1[C@@H](O)CO. The fraction of sp³-hybridized carbons (Fsp3) is 0.714. The molecule has 2 aromatic rings. The molecule has 0 radical (unpaired) electrons. The standard InChI is InChI=1S/C28H46N8O8/c1-2-3-4-5-6-7-8-9-10-11-18(39)29-12-19(40)30-13-20(41)35-21-23(42)24(43)28(44-25(21)17(38)14-37)36-27-22-26(32-15-31-22)33-16-34-27/h15-17,21,23-25,28,37-38,42-43H,2-14H2,1H3,(H,29,39)(H,30,40)(H,35,41)(H2,31,32,33,34,36)/t17-,21+,23+,24+,25-,28-/m0/s1. The van der Waals surface area contributed by atoms with Crippen molar-refractivity contribution in [1.29, 1.82) is 0 Å². The predicted molar refractivity (Wildman–Crippen MR) is 159 cm³/mol. The number of rotatable bonds is 19. The van der Waals surface area contributed by atoms with E-state index in [1.807, 2.05) is 0 Å². The number of hydrogen-bond donors (Lipinski definition) is 9. The zero-order valence-corrected chi connectivity index (χ0v) is 25.1. The summed E-state index contributed by atoms with van der Waals surface area (Å²) in [5, 5.41) is 51.7. The molecule has 3 amide bonds. The molecule has 0 saturated carbocycles. The third-order valence-electron chi connectivity index (χ3n) is 7.48. The Bertz CT molecular complexity index is 1180. The summed E-state index contributed by atoms with van der Waals surface area (Å²) in [6, 6.07) is -1.34. The Balaban J connectivity index is 1.40. The first-order valence-corrected chi connectivity index (χ1v) is 15.3. The first-order chi connectivity index (χ1) is 21.2. The fourth-order valence-electron chi connectivity index (χ4n) is 4.99. The van der Waals surface area contributed by atoms with E-state index in [4.69, 9.17) is 4.74 Å². The fourth-order valence-corrected chi connectivity index (χ4v) is 4.99. The number of nitrogens with one attached hydrogen (secondary N) is 5. The summed E-state index contributed by atoms with van der Waals surface area (Å²) in [6.45, 7) is 0.620. The van der Waals surface area contributed by atoms with Crippen molar-refractivity contribution >= 4 is 34.7 Å². The molecule has 1 fully saturated rings. The zero-order chi connectivity index (χ0) is 31.9. The maximum atomic E-state index is 12.6. The lowest BCUT2D eigenvalue weighted by molar-refractivity contribution is -0.204. The molecule has 6 atom stereocenters. The second-order valence-corrected chi connectivity index (χ2v) is 10.9. The highest BCUT2D eigenvalue weighted by molar-refractivity contribution is 5.88. The number of H-pyrrole nitrogens is 1. The van der Waals surface area contributed by atoms with Gasteiger partial charge < -0.3 is 51.4 Å². The Morgan fingerprint density at radius 2 is 1.57 bits per heavy atom. The van der Waals surface area contributed by atoms with Crippen LogP contribution in [0.3, 0.4) is 0 Å². The quantitative estimate of drug-likeness (QED) is 0.0875. The number of aliphatic hydroxyl groups excluding tert-OH is 4. The van der Waals surface area contributed by atoms with Crippen LogP contribution in [0.2, 0.25) is 0 Å². The van der Waals surface area contributed by atoms with Crippen molar-refractivity contribution < 1.29 is 39.5 Å². The van der Waals surface area contributed by atoms with Crippen molar-refractivity contribution in [3.05, 3.63) is 12.7 Å². The van der Waals surface area contributed by atoms with Crippen molar-refractivity contribution in [2.45, 2.75) is 108 Å². The molecular weight excluding hydrogens is 576 g/mol. The topological polar surface area (TPSA) is 244 Å². The highest BCUT2D eigenvalue weighted by atomic mass is 16.5. The number of aromatic nitrogens is 4. The van der Waals surface area contributed by atoms with Gasteiger partial charge in [-0.25, -0.2) is 15.0 Å². The monoisotopic (exact) mass is 622 g/mol. The molecular formula is C28H46N8O8. The van der Waals surface area contributed by atoms with E-state index in [0.29, 0.717) is 17.6 Å². The number of amides is 3. The largest absolute Gasteiger partial charge is 0.394 e. The van der Waals surface area contributed by atoms with E-state index in [1.54, 1.807) is 0 Å². The molecule has 1 aliphatic rings. The van der Waals surface area contributed by atoms with Crippen LogP contribution in [0, 0.1) is 0 Å². The third-order valence-corrected chi connectivity index (χ3v) is 7.48. The van der Waals surface area contributed by atoms with Crippen LogP contribution in [0.25, 0.3) is 11.2 Å². The van der Waals surface area contributed by atoms with Gasteiger partial charge in [-0.1, -0.05) is 58.3 Å². The van der Waals surface area contributed by atoms with Gasteiger partial charge in [0.05, 0.1) is 32.1 Å². The van der Waals surface area contributed by atoms with Crippen LogP contribution in [0.1, 0.15) is 71.1 Å². The van der Waals surface area contributed by atoms with Crippen LogP contribution in [-0.2, 0) is 19.1 Å². The average Bonchev–Trinajstić information content (AvgIpc) is 3.51. The Hall–Kier alpha value is -3.44. The van der Waals surface area contributed by atoms with Gasteiger partial charge in [0, 0.05) is 6.42 Å². The third kappa shape index (κ3) is 10.6. The van der Waals surface area contributed by atoms with Gasteiger partial charge in [0.2, 0.25) is 17.7 Å². The van der Waals surface area contributed by atoms with Gasteiger partial charge in [-0.05, 0) is 6.42 Å². The number of anilines is 1.